The highest BCUT2D eigenvalue weighted by molar-refractivity contribution is 6.02. The first kappa shape index (κ1) is 15.8. The van der Waals surface area contributed by atoms with Crippen LogP contribution in [0.1, 0.15) is 30.8 Å². The zero-order valence-electron chi connectivity index (χ0n) is 13.0. The van der Waals surface area contributed by atoms with Gasteiger partial charge in [0.25, 0.3) is 5.91 Å². The topological polar surface area (TPSA) is 76.1 Å². The first-order valence-electron chi connectivity index (χ1n) is 7.16. The Kier molecular flexibility index (Phi) is 5.30. The number of benzene rings is 1. The van der Waals surface area contributed by atoms with Crippen molar-refractivity contribution < 1.29 is 9.53 Å². The summed E-state index contributed by atoms with van der Waals surface area (Å²) in [6.45, 7) is 4.14. The molecule has 0 saturated heterocycles. The number of nitrogens with zero attached hydrogens (tertiary/aromatic N) is 2. The number of aromatic nitrogens is 2. The van der Waals surface area contributed by atoms with Gasteiger partial charge < -0.3 is 15.4 Å². The molecule has 6 heteroatoms. The monoisotopic (exact) mass is 300 g/mol. The van der Waals surface area contributed by atoms with Crippen LogP contribution >= 0.6 is 0 Å². The molecule has 1 heterocycles. The Hall–Kier alpha value is -2.63. The Bertz CT molecular complexity index is 628. The number of anilines is 2. The van der Waals surface area contributed by atoms with E-state index < -0.39 is 0 Å². The minimum atomic E-state index is -0.309. The summed E-state index contributed by atoms with van der Waals surface area (Å²) in [6.07, 6.45) is 4.01. The van der Waals surface area contributed by atoms with Crippen LogP contribution in [0.3, 0.4) is 0 Å². The lowest BCUT2D eigenvalue weighted by atomic mass is 10.2. The fourth-order valence-electron chi connectivity index (χ4n) is 1.77. The standard InChI is InChI=1S/C16H20N4O2/c1-4-11(2)19-15-10-17-14(9-18-15)16(21)20-12-6-5-7-13(8-12)22-3/h5-11H,4H2,1-3H3,(H,18,19)(H,20,21). The SMILES string of the molecule is CCC(C)Nc1cnc(C(=O)Nc2cccc(OC)c2)cn1. The van der Waals surface area contributed by atoms with Crippen LogP contribution < -0.4 is 15.4 Å². The van der Waals surface area contributed by atoms with E-state index in [1.54, 1.807) is 31.5 Å². The summed E-state index contributed by atoms with van der Waals surface area (Å²) >= 11 is 0. The van der Waals surface area contributed by atoms with Crippen molar-refractivity contribution in [3.05, 3.63) is 42.4 Å². The summed E-state index contributed by atoms with van der Waals surface area (Å²) < 4.78 is 5.12. The molecular weight excluding hydrogens is 280 g/mol. The number of hydrogen-bond donors (Lipinski definition) is 2. The van der Waals surface area contributed by atoms with Gasteiger partial charge in [0.2, 0.25) is 0 Å². The Morgan fingerprint density at radius 2 is 2.14 bits per heavy atom. The highest BCUT2D eigenvalue weighted by atomic mass is 16.5. The quantitative estimate of drug-likeness (QED) is 0.857. The van der Waals surface area contributed by atoms with E-state index in [9.17, 15) is 4.79 Å². The van der Waals surface area contributed by atoms with Crippen molar-refractivity contribution in [1.29, 1.82) is 0 Å². The van der Waals surface area contributed by atoms with Crippen molar-refractivity contribution in [1.82, 2.24) is 9.97 Å². The molecule has 0 saturated carbocycles. The third-order valence-electron chi connectivity index (χ3n) is 3.22. The van der Waals surface area contributed by atoms with Gasteiger partial charge in [0.15, 0.2) is 0 Å². The lowest BCUT2D eigenvalue weighted by Crippen LogP contribution is -2.17. The number of ether oxygens (including phenoxy) is 1. The minimum Gasteiger partial charge on any atom is -0.497 e. The Balaban J connectivity index is 2.03. The van der Waals surface area contributed by atoms with E-state index in [2.05, 4.69) is 34.4 Å². The predicted molar refractivity (Wildman–Crippen MR) is 86.4 cm³/mol. The number of rotatable bonds is 6. The molecule has 0 fully saturated rings. The van der Waals surface area contributed by atoms with E-state index in [0.717, 1.165) is 6.42 Å². The van der Waals surface area contributed by atoms with E-state index in [4.69, 9.17) is 4.74 Å². The van der Waals surface area contributed by atoms with Crippen LogP contribution in [-0.2, 0) is 0 Å². The molecule has 2 aromatic rings. The van der Waals surface area contributed by atoms with E-state index >= 15 is 0 Å². The summed E-state index contributed by atoms with van der Waals surface area (Å²) in [5, 5.41) is 5.96. The number of carbonyl (C=O) groups is 1. The Morgan fingerprint density at radius 1 is 1.32 bits per heavy atom. The normalized spacial score (nSPS) is 11.6. The van der Waals surface area contributed by atoms with Crippen molar-refractivity contribution >= 4 is 17.4 Å². The average Bonchev–Trinajstić information content (AvgIpc) is 2.55. The van der Waals surface area contributed by atoms with Crippen LogP contribution in [0.2, 0.25) is 0 Å². The first-order valence-corrected chi connectivity index (χ1v) is 7.16. The highest BCUT2D eigenvalue weighted by Crippen LogP contribution is 2.17. The minimum absolute atomic E-state index is 0.262. The second-order valence-corrected chi connectivity index (χ2v) is 4.93. The molecule has 1 amide bonds. The molecule has 0 radical (unpaired) electrons. The molecule has 1 unspecified atom stereocenters. The molecule has 22 heavy (non-hydrogen) atoms. The molecule has 0 aliphatic rings. The van der Waals surface area contributed by atoms with Gasteiger partial charge in [0.05, 0.1) is 19.5 Å². The van der Waals surface area contributed by atoms with Gasteiger partial charge in [-0.3, -0.25) is 4.79 Å². The molecule has 1 aromatic carbocycles. The lowest BCUT2D eigenvalue weighted by molar-refractivity contribution is 0.102. The zero-order chi connectivity index (χ0) is 15.9. The van der Waals surface area contributed by atoms with Gasteiger partial charge in [-0.25, -0.2) is 9.97 Å². The molecule has 0 bridgehead atoms. The largest absolute Gasteiger partial charge is 0.497 e. The predicted octanol–water partition coefficient (Wildman–Crippen LogP) is 2.95. The zero-order valence-corrected chi connectivity index (χ0v) is 13.0. The molecule has 2 N–H and O–H groups in total. The van der Waals surface area contributed by atoms with Gasteiger partial charge in [0.1, 0.15) is 17.3 Å². The Labute approximate surface area is 129 Å². The van der Waals surface area contributed by atoms with Gasteiger partial charge in [-0.1, -0.05) is 13.0 Å². The first-order chi connectivity index (χ1) is 10.6. The summed E-state index contributed by atoms with van der Waals surface area (Å²) in [7, 11) is 1.58. The van der Waals surface area contributed by atoms with E-state index in [-0.39, 0.29) is 11.6 Å². The lowest BCUT2D eigenvalue weighted by Gasteiger charge is -2.11. The number of hydrogen-bond acceptors (Lipinski definition) is 5. The molecule has 6 nitrogen and oxygen atoms in total. The van der Waals surface area contributed by atoms with E-state index in [0.29, 0.717) is 23.3 Å². The molecular formula is C16H20N4O2. The van der Waals surface area contributed by atoms with Crippen molar-refractivity contribution in [2.75, 3.05) is 17.7 Å². The van der Waals surface area contributed by atoms with E-state index in [1.807, 2.05) is 6.07 Å². The summed E-state index contributed by atoms with van der Waals surface area (Å²) in [5.41, 5.74) is 0.908. The van der Waals surface area contributed by atoms with E-state index in [1.165, 1.54) is 6.20 Å². The fourth-order valence-corrected chi connectivity index (χ4v) is 1.77. The van der Waals surface area contributed by atoms with Crippen molar-refractivity contribution in [3.63, 3.8) is 0 Å². The van der Waals surface area contributed by atoms with Gasteiger partial charge in [-0.2, -0.15) is 0 Å². The summed E-state index contributed by atoms with van der Waals surface area (Å²) in [5.74, 6) is 1.03. The maximum absolute atomic E-state index is 12.1. The molecule has 2 rings (SSSR count). The molecule has 0 aliphatic carbocycles. The number of nitrogens with one attached hydrogen (secondary N) is 2. The number of carbonyl (C=O) groups excluding carboxylic acids is 1. The summed E-state index contributed by atoms with van der Waals surface area (Å²) in [4.78, 5) is 20.5. The molecule has 0 spiro atoms. The van der Waals surface area contributed by atoms with Crippen molar-refractivity contribution in [3.8, 4) is 5.75 Å². The molecule has 1 aromatic heterocycles. The van der Waals surface area contributed by atoms with Gasteiger partial charge >= 0.3 is 0 Å². The highest BCUT2D eigenvalue weighted by Gasteiger charge is 2.09. The second kappa shape index (κ2) is 7.40. The molecule has 0 aliphatic heterocycles. The van der Waals surface area contributed by atoms with Crippen LogP contribution in [-0.4, -0.2) is 29.0 Å². The third kappa shape index (κ3) is 4.18. The van der Waals surface area contributed by atoms with Crippen molar-refractivity contribution in [2.45, 2.75) is 26.3 Å². The molecule has 116 valence electrons. The average molecular weight is 300 g/mol. The number of amides is 1. The Morgan fingerprint density at radius 3 is 2.77 bits per heavy atom. The van der Waals surface area contributed by atoms with Crippen LogP contribution in [0.5, 0.6) is 5.75 Å². The maximum Gasteiger partial charge on any atom is 0.275 e. The number of methoxy groups -OCH3 is 1. The van der Waals surface area contributed by atoms with Gasteiger partial charge in [-0.05, 0) is 25.5 Å². The fraction of sp³-hybridized carbons (Fsp3) is 0.312. The van der Waals surface area contributed by atoms with Crippen LogP contribution in [0, 0.1) is 0 Å². The third-order valence-corrected chi connectivity index (χ3v) is 3.22. The van der Waals surface area contributed by atoms with Crippen LogP contribution in [0.25, 0.3) is 0 Å². The van der Waals surface area contributed by atoms with Crippen LogP contribution in [0.15, 0.2) is 36.7 Å². The van der Waals surface area contributed by atoms with Gasteiger partial charge in [0, 0.05) is 17.8 Å². The second-order valence-electron chi connectivity index (χ2n) is 4.93. The maximum atomic E-state index is 12.1. The van der Waals surface area contributed by atoms with Crippen molar-refractivity contribution in [2.24, 2.45) is 0 Å². The van der Waals surface area contributed by atoms with Gasteiger partial charge in [-0.15, -0.1) is 0 Å². The smallest absolute Gasteiger partial charge is 0.275 e. The van der Waals surface area contributed by atoms with Crippen LogP contribution in [0.4, 0.5) is 11.5 Å². The summed E-state index contributed by atoms with van der Waals surface area (Å²) in [6, 6.07) is 7.45. The molecule has 1 atom stereocenters.